The molecule has 0 N–H and O–H groups in total. The minimum atomic E-state index is -3.70. The van der Waals surface area contributed by atoms with E-state index in [4.69, 9.17) is 18.9 Å². The number of sulfonamides is 1. The predicted octanol–water partition coefficient (Wildman–Crippen LogP) is 2.93. The van der Waals surface area contributed by atoms with Gasteiger partial charge in [0.05, 0.1) is 32.3 Å². The number of methoxy groups -OCH3 is 2. The number of benzene rings is 2. The Bertz CT molecular complexity index is 1140. The van der Waals surface area contributed by atoms with Crippen molar-refractivity contribution in [2.24, 2.45) is 5.92 Å². The highest BCUT2D eigenvalue weighted by Crippen LogP contribution is 2.35. The number of rotatable bonds is 6. The lowest BCUT2D eigenvalue weighted by Crippen LogP contribution is -2.43. The third-order valence-corrected chi connectivity index (χ3v) is 8.14. The molecule has 0 aliphatic carbocycles. The molecule has 1 saturated heterocycles. The van der Waals surface area contributed by atoms with E-state index in [1.807, 2.05) is 0 Å². The quantitative estimate of drug-likeness (QED) is 0.615. The molecule has 2 aromatic rings. The zero-order valence-corrected chi connectivity index (χ0v) is 20.5. The van der Waals surface area contributed by atoms with Gasteiger partial charge in [-0.1, -0.05) is 0 Å². The third-order valence-electron chi connectivity index (χ3n) is 6.24. The van der Waals surface area contributed by atoms with Gasteiger partial charge in [0.15, 0.2) is 23.0 Å². The van der Waals surface area contributed by atoms with Gasteiger partial charge in [-0.3, -0.25) is 4.79 Å². The number of piperidine rings is 1. The Morgan fingerprint density at radius 1 is 0.971 bits per heavy atom. The number of amides is 1. The molecule has 2 heterocycles. The van der Waals surface area contributed by atoms with Crippen LogP contribution in [0.1, 0.15) is 19.3 Å². The van der Waals surface area contributed by atoms with Gasteiger partial charge in [0.25, 0.3) is 0 Å². The van der Waals surface area contributed by atoms with E-state index < -0.39 is 10.0 Å². The zero-order chi connectivity index (χ0) is 24.3. The van der Waals surface area contributed by atoms with Crippen molar-refractivity contribution in [2.75, 3.05) is 52.5 Å². The van der Waals surface area contributed by atoms with Crippen molar-refractivity contribution >= 4 is 21.6 Å². The standard InChI is InChI=1S/C24H30N2O7S/c1-25(18-5-7-20(30-2)22(15-18)31-3)24(27)17-9-11-26(12-10-17)34(28,29)19-6-8-21-23(16-19)33-14-4-13-32-21/h5-8,15-17H,4,9-14H2,1-3H3. The van der Waals surface area contributed by atoms with Crippen molar-refractivity contribution in [3.8, 4) is 23.0 Å². The normalized spacial score (nSPS) is 17.0. The first-order valence-electron chi connectivity index (χ1n) is 11.2. The summed E-state index contributed by atoms with van der Waals surface area (Å²) in [5.74, 6) is 1.79. The summed E-state index contributed by atoms with van der Waals surface area (Å²) in [7, 11) is 1.11. The summed E-state index contributed by atoms with van der Waals surface area (Å²) in [5, 5.41) is 0. The number of hydrogen-bond acceptors (Lipinski definition) is 7. The molecule has 0 saturated carbocycles. The summed E-state index contributed by atoms with van der Waals surface area (Å²) in [6.07, 6.45) is 1.64. The lowest BCUT2D eigenvalue weighted by Gasteiger charge is -2.32. The molecule has 184 valence electrons. The smallest absolute Gasteiger partial charge is 0.243 e. The number of hydrogen-bond donors (Lipinski definition) is 0. The Morgan fingerprint density at radius 3 is 2.32 bits per heavy atom. The van der Waals surface area contributed by atoms with Crippen LogP contribution in [0.2, 0.25) is 0 Å². The molecular formula is C24H30N2O7S. The first-order valence-corrected chi connectivity index (χ1v) is 12.7. The van der Waals surface area contributed by atoms with Crippen molar-refractivity contribution in [1.29, 1.82) is 0 Å². The van der Waals surface area contributed by atoms with Gasteiger partial charge in [-0.05, 0) is 37.1 Å². The second-order valence-electron chi connectivity index (χ2n) is 8.27. The van der Waals surface area contributed by atoms with E-state index in [-0.39, 0.29) is 29.8 Å². The third kappa shape index (κ3) is 4.78. The first kappa shape index (κ1) is 24.2. The zero-order valence-electron chi connectivity index (χ0n) is 19.7. The Morgan fingerprint density at radius 2 is 1.65 bits per heavy atom. The van der Waals surface area contributed by atoms with Crippen molar-refractivity contribution in [3.05, 3.63) is 36.4 Å². The molecule has 2 aliphatic heterocycles. The van der Waals surface area contributed by atoms with Crippen LogP contribution in [-0.4, -0.2) is 66.2 Å². The van der Waals surface area contributed by atoms with Crippen molar-refractivity contribution in [3.63, 3.8) is 0 Å². The van der Waals surface area contributed by atoms with Gasteiger partial charge >= 0.3 is 0 Å². The minimum absolute atomic E-state index is 0.0557. The number of carbonyl (C=O) groups excluding carboxylic acids is 1. The van der Waals surface area contributed by atoms with Crippen LogP contribution < -0.4 is 23.8 Å². The number of fused-ring (bicyclic) bond motifs is 1. The van der Waals surface area contributed by atoms with E-state index in [9.17, 15) is 13.2 Å². The highest BCUT2D eigenvalue weighted by Gasteiger charge is 2.34. The maximum Gasteiger partial charge on any atom is 0.243 e. The van der Waals surface area contributed by atoms with Crippen molar-refractivity contribution in [2.45, 2.75) is 24.2 Å². The van der Waals surface area contributed by atoms with E-state index in [1.54, 1.807) is 56.5 Å². The summed E-state index contributed by atoms with van der Waals surface area (Å²) in [6.45, 7) is 1.57. The number of ether oxygens (including phenoxy) is 4. The molecule has 0 bridgehead atoms. The van der Waals surface area contributed by atoms with Crippen LogP contribution in [-0.2, 0) is 14.8 Å². The van der Waals surface area contributed by atoms with E-state index >= 15 is 0 Å². The second-order valence-corrected chi connectivity index (χ2v) is 10.2. The molecule has 2 aromatic carbocycles. The fraction of sp³-hybridized carbons (Fsp3) is 0.458. The van der Waals surface area contributed by atoms with Crippen molar-refractivity contribution < 1.29 is 32.2 Å². The fourth-order valence-corrected chi connectivity index (χ4v) is 5.72. The molecule has 9 nitrogen and oxygen atoms in total. The maximum absolute atomic E-state index is 13.2. The van der Waals surface area contributed by atoms with Crippen LogP contribution in [0.25, 0.3) is 0 Å². The van der Waals surface area contributed by atoms with E-state index in [0.29, 0.717) is 54.7 Å². The van der Waals surface area contributed by atoms with E-state index in [0.717, 1.165) is 6.42 Å². The van der Waals surface area contributed by atoms with Gasteiger partial charge in [0, 0.05) is 50.3 Å². The minimum Gasteiger partial charge on any atom is -0.493 e. The lowest BCUT2D eigenvalue weighted by atomic mass is 9.96. The van der Waals surface area contributed by atoms with Crippen LogP contribution in [0.3, 0.4) is 0 Å². The monoisotopic (exact) mass is 490 g/mol. The number of anilines is 1. The number of carbonyl (C=O) groups is 1. The Balaban J connectivity index is 1.42. The molecule has 0 unspecified atom stereocenters. The van der Waals surface area contributed by atoms with E-state index in [1.165, 1.54) is 10.4 Å². The average molecular weight is 491 g/mol. The summed E-state index contributed by atoms with van der Waals surface area (Å²) < 4.78 is 49.7. The highest BCUT2D eigenvalue weighted by atomic mass is 32.2. The molecule has 0 radical (unpaired) electrons. The summed E-state index contributed by atoms with van der Waals surface area (Å²) in [4.78, 5) is 14.9. The Labute approximate surface area is 200 Å². The molecule has 34 heavy (non-hydrogen) atoms. The molecule has 1 amide bonds. The summed E-state index contributed by atoms with van der Waals surface area (Å²) >= 11 is 0. The van der Waals surface area contributed by atoms with Crippen LogP contribution in [0.5, 0.6) is 23.0 Å². The van der Waals surface area contributed by atoms with Gasteiger partial charge in [0.2, 0.25) is 15.9 Å². The molecule has 1 fully saturated rings. The molecule has 4 rings (SSSR count). The molecule has 0 aromatic heterocycles. The van der Waals surface area contributed by atoms with Crippen LogP contribution >= 0.6 is 0 Å². The summed E-state index contributed by atoms with van der Waals surface area (Å²) in [6, 6.07) is 10.0. The Kier molecular flexibility index (Phi) is 7.18. The van der Waals surface area contributed by atoms with Gasteiger partial charge in [-0.25, -0.2) is 8.42 Å². The van der Waals surface area contributed by atoms with Crippen LogP contribution in [0.15, 0.2) is 41.3 Å². The average Bonchev–Trinajstić information content (AvgIpc) is 3.12. The predicted molar refractivity (Wildman–Crippen MR) is 126 cm³/mol. The van der Waals surface area contributed by atoms with E-state index in [2.05, 4.69) is 0 Å². The molecule has 10 heteroatoms. The summed E-state index contributed by atoms with van der Waals surface area (Å²) in [5.41, 5.74) is 0.685. The second kappa shape index (κ2) is 10.1. The van der Waals surface area contributed by atoms with Crippen LogP contribution in [0.4, 0.5) is 5.69 Å². The van der Waals surface area contributed by atoms with Gasteiger partial charge < -0.3 is 23.8 Å². The fourth-order valence-electron chi connectivity index (χ4n) is 4.23. The van der Waals surface area contributed by atoms with Gasteiger partial charge in [-0.2, -0.15) is 4.31 Å². The van der Waals surface area contributed by atoms with Crippen LogP contribution in [0, 0.1) is 5.92 Å². The molecule has 0 spiro atoms. The van der Waals surface area contributed by atoms with Crippen molar-refractivity contribution in [1.82, 2.24) is 4.31 Å². The number of nitrogens with zero attached hydrogens (tertiary/aromatic N) is 2. The topological polar surface area (TPSA) is 94.6 Å². The molecule has 2 aliphatic rings. The van der Waals surface area contributed by atoms with Gasteiger partial charge in [-0.15, -0.1) is 0 Å². The SMILES string of the molecule is COc1ccc(N(C)C(=O)C2CCN(S(=O)(=O)c3ccc4c(c3)OCCCO4)CC2)cc1OC. The Hall–Kier alpha value is -2.98. The highest BCUT2D eigenvalue weighted by molar-refractivity contribution is 7.89. The maximum atomic E-state index is 13.2. The molecule has 0 atom stereocenters. The first-order chi connectivity index (χ1) is 16.3. The molecular weight excluding hydrogens is 460 g/mol. The lowest BCUT2D eigenvalue weighted by molar-refractivity contribution is -0.123. The largest absolute Gasteiger partial charge is 0.493 e. The van der Waals surface area contributed by atoms with Gasteiger partial charge in [0.1, 0.15) is 0 Å².